The Bertz CT molecular complexity index is 761. The molecule has 3 aromatic rings. The van der Waals surface area contributed by atoms with Gasteiger partial charge in [0, 0.05) is 10.0 Å². The lowest BCUT2D eigenvalue weighted by Gasteiger charge is -2.04. The maximum absolute atomic E-state index is 13.3. The second kappa shape index (κ2) is 5.75. The third-order valence-corrected chi connectivity index (χ3v) is 3.65. The van der Waals surface area contributed by atoms with E-state index in [-0.39, 0.29) is 11.7 Å². The lowest BCUT2D eigenvalue weighted by molar-refractivity contribution is 0.170. The predicted octanol–water partition coefficient (Wildman–Crippen LogP) is 3.72. The minimum atomic E-state index is -1.01. The van der Waals surface area contributed by atoms with Gasteiger partial charge in [-0.1, -0.05) is 51.4 Å². The van der Waals surface area contributed by atoms with Crippen molar-refractivity contribution in [2.24, 2.45) is 0 Å². The lowest BCUT2D eigenvalue weighted by Crippen LogP contribution is -1.99. The van der Waals surface area contributed by atoms with Crippen LogP contribution in [0.25, 0.3) is 11.4 Å². The molecule has 0 aliphatic carbocycles. The van der Waals surface area contributed by atoms with Crippen molar-refractivity contribution in [3.8, 4) is 11.4 Å². The molecule has 1 heterocycles. The first kappa shape index (κ1) is 13.9. The molecule has 4 nitrogen and oxygen atoms in total. The molecule has 21 heavy (non-hydrogen) atoms. The van der Waals surface area contributed by atoms with Crippen molar-refractivity contribution in [2.45, 2.75) is 6.10 Å². The van der Waals surface area contributed by atoms with Crippen LogP contribution in [0.1, 0.15) is 17.6 Å². The Morgan fingerprint density at radius 1 is 1.14 bits per heavy atom. The summed E-state index contributed by atoms with van der Waals surface area (Å²) in [5.41, 5.74) is 1.11. The maximum Gasteiger partial charge on any atom is 0.260 e. The third-order valence-electron chi connectivity index (χ3n) is 2.96. The molecule has 3 rings (SSSR count). The number of aromatic nitrogens is 2. The third kappa shape index (κ3) is 2.86. The van der Waals surface area contributed by atoms with Crippen LogP contribution in [-0.2, 0) is 0 Å². The highest BCUT2D eigenvalue weighted by atomic mass is 79.9. The van der Waals surface area contributed by atoms with E-state index in [9.17, 15) is 9.50 Å². The Hall–Kier alpha value is -2.05. The zero-order valence-electron chi connectivity index (χ0n) is 10.7. The summed E-state index contributed by atoms with van der Waals surface area (Å²) in [7, 11) is 0. The smallest absolute Gasteiger partial charge is 0.260 e. The van der Waals surface area contributed by atoms with Crippen LogP contribution in [0.3, 0.4) is 0 Å². The molecule has 0 amide bonds. The maximum atomic E-state index is 13.3. The second-order valence-electron chi connectivity index (χ2n) is 4.39. The Morgan fingerprint density at radius 3 is 2.67 bits per heavy atom. The van der Waals surface area contributed by atoms with Gasteiger partial charge in [-0.2, -0.15) is 4.98 Å². The van der Waals surface area contributed by atoms with E-state index in [1.165, 1.54) is 12.1 Å². The number of hydrogen-bond donors (Lipinski definition) is 1. The molecule has 0 radical (unpaired) electrons. The predicted molar refractivity (Wildman–Crippen MR) is 77.9 cm³/mol. The molecule has 0 aliphatic heterocycles. The number of halogens is 2. The van der Waals surface area contributed by atoms with Crippen molar-refractivity contribution in [3.05, 3.63) is 70.3 Å². The monoisotopic (exact) mass is 348 g/mol. The summed E-state index contributed by atoms with van der Waals surface area (Å²) in [6.45, 7) is 0. The summed E-state index contributed by atoms with van der Waals surface area (Å²) >= 11 is 3.31. The number of nitrogens with zero attached hydrogens (tertiary/aromatic N) is 2. The molecule has 106 valence electrons. The Morgan fingerprint density at radius 2 is 1.90 bits per heavy atom. The van der Waals surface area contributed by atoms with Crippen molar-refractivity contribution in [3.63, 3.8) is 0 Å². The van der Waals surface area contributed by atoms with Crippen molar-refractivity contribution < 1.29 is 14.0 Å². The van der Waals surface area contributed by atoms with Gasteiger partial charge < -0.3 is 9.63 Å². The quantitative estimate of drug-likeness (QED) is 0.783. The van der Waals surface area contributed by atoms with Crippen molar-refractivity contribution in [2.75, 3.05) is 0 Å². The van der Waals surface area contributed by atoms with Crippen molar-refractivity contribution in [1.82, 2.24) is 10.1 Å². The lowest BCUT2D eigenvalue weighted by atomic mass is 10.1. The van der Waals surface area contributed by atoms with E-state index in [1.54, 1.807) is 30.3 Å². The van der Waals surface area contributed by atoms with Crippen LogP contribution in [0.5, 0.6) is 0 Å². The molecule has 0 saturated heterocycles. The van der Waals surface area contributed by atoms with Gasteiger partial charge in [0.25, 0.3) is 5.89 Å². The van der Waals surface area contributed by atoms with E-state index in [0.29, 0.717) is 15.6 Å². The highest BCUT2D eigenvalue weighted by Crippen LogP contribution is 2.28. The molecule has 0 bridgehead atoms. The number of aliphatic hydroxyl groups excluding tert-OH is 1. The van der Waals surface area contributed by atoms with Crippen LogP contribution in [-0.4, -0.2) is 15.2 Å². The van der Waals surface area contributed by atoms with E-state index >= 15 is 0 Å². The molecular formula is C15H10BrFN2O2. The van der Waals surface area contributed by atoms with Gasteiger partial charge in [-0.05, 0) is 23.8 Å². The fourth-order valence-corrected chi connectivity index (χ4v) is 2.33. The largest absolute Gasteiger partial charge is 0.378 e. The summed E-state index contributed by atoms with van der Waals surface area (Å²) < 4.78 is 19.0. The van der Waals surface area contributed by atoms with Gasteiger partial charge in [0.05, 0.1) is 0 Å². The van der Waals surface area contributed by atoms with E-state index in [2.05, 4.69) is 26.1 Å². The van der Waals surface area contributed by atoms with Gasteiger partial charge >= 0.3 is 0 Å². The Balaban J connectivity index is 1.95. The molecule has 1 unspecified atom stereocenters. The van der Waals surface area contributed by atoms with Crippen LogP contribution in [0.15, 0.2) is 57.5 Å². The standard InChI is InChI=1S/C15H10BrFN2O2/c16-12-7-6-10(17)8-11(12)14-18-15(21-19-14)13(20)9-4-2-1-3-5-9/h1-8,13,20H. The average Bonchev–Trinajstić information content (AvgIpc) is 2.99. The van der Waals surface area contributed by atoms with Crippen LogP contribution in [0, 0.1) is 5.82 Å². The average molecular weight is 349 g/mol. The highest BCUT2D eigenvalue weighted by Gasteiger charge is 2.19. The van der Waals surface area contributed by atoms with Gasteiger partial charge in [-0.15, -0.1) is 0 Å². The number of hydrogen-bond acceptors (Lipinski definition) is 4. The van der Waals surface area contributed by atoms with Gasteiger partial charge in [0.2, 0.25) is 5.82 Å². The molecule has 2 aromatic carbocycles. The first-order chi connectivity index (χ1) is 10.1. The van der Waals surface area contributed by atoms with Crippen molar-refractivity contribution >= 4 is 15.9 Å². The van der Waals surface area contributed by atoms with E-state index < -0.39 is 11.9 Å². The van der Waals surface area contributed by atoms with Gasteiger partial charge in [-0.3, -0.25) is 0 Å². The van der Waals surface area contributed by atoms with Crippen molar-refractivity contribution in [1.29, 1.82) is 0 Å². The van der Waals surface area contributed by atoms with E-state index in [4.69, 9.17) is 4.52 Å². The molecule has 1 aromatic heterocycles. The Kier molecular flexibility index (Phi) is 3.81. The summed E-state index contributed by atoms with van der Waals surface area (Å²) in [5, 5.41) is 14.0. The van der Waals surface area contributed by atoms with E-state index in [1.807, 2.05) is 6.07 Å². The molecule has 0 saturated carbocycles. The fourth-order valence-electron chi connectivity index (χ4n) is 1.90. The molecule has 0 aliphatic rings. The minimum Gasteiger partial charge on any atom is -0.378 e. The molecular weight excluding hydrogens is 339 g/mol. The zero-order valence-corrected chi connectivity index (χ0v) is 12.3. The first-order valence-electron chi connectivity index (χ1n) is 6.17. The molecule has 0 spiro atoms. The van der Waals surface area contributed by atoms with E-state index in [0.717, 1.165) is 0 Å². The van der Waals surface area contributed by atoms with Gasteiger partial charge in [0.15, 0.2) is 6.10 Å². The van der Waals surface area contributed by atoms with Crippen LogP contribution in [0.2, 0.25) is 0 Å². The zero-order chi connectivity index (χ0) is 14.8. The molecule has 0 fully saturated rings. The number of benzene rings is 2. The number of aliphatic hydroxyl groups is 1. The number of rotatable bonds is 3. The minimum absolute atomic E-state index is 0.0624. The fraction of sp³-hybridized carbons (Fsp3) is 0.0667. The van der Waals surface area contributed by atoms with Crippen LogP contribution >= 0.6 is 15.9 Å². The Labute approximate surface area is 128 Å². The van der Waals surface area contributed by atoms with Crippen LogP contribution < -0.4 is 0 Å². The van der Waals surface area contributed by atoms with Gasteiger partial charge in [0.1, 0.15) is 5.82 Å². The topological polar surface area (TPSA) is 59.2 Å². The normalized spacial score (nSPS) is 12.3. The summed E-state index contributed by atoms with van der Waals surface area (Å²) in [6, 6.07) is 13.2. The summed E-state index contributed by atoms with van der Waals surface area (Å²) in [5.74, 6) is -0.123. The highest BCUT2D eigenvalue weighted by molar-refractivity contribution is 9.10. The molecule has 6 heteroatoms. The van der Waals surface area contributed by atoms with Crippen LogP contribution in [0.4, 0.5) is 4.39 Å². The summed E-state index contributed by atoms with van der Waals surface area (Å²) in [6.07, 6.45) is -1.01. The molecule has 1 N–H and O–H groups in total. The SMILES string of the molecule is OC(c1ccccc1)c1nc(-c2cc(F)ccc2Br)no1. The summed E-state index contributed by atoms with van der Waals surface area (Å²) in [4.78, 5) is 4.13. The second-order valence-corrected chi connectivity index (χ2v) is 5.25. The first-order valence-corrected chi connectivity index (χ1v) is 6.96. The van der Waals surface area contributed by atoms with Gasteiger partial charge in [-0.25, -0.2) is 4.39 Å². The molecule has 1 atom stereocenters.